The number of para-hydroxylation sites is 2. The predicted molar refractivity (Wildman–Crippen MR) is 159 cm³/mol. The summed E-state index contributed by atoms with van der Waals surface area (Å²) in [5.74, 6) is -1.08. The molecule has 3 aliphatic rings. The van der Waals surface area contributed by atoms with E-state index in [4.69, 9.17) is 9.47 Å². The van der Waals surface area contributed by atoms with Crippen LogP contribution in [-0.2, 0) is 10.2 Å². The second kappa shape index (κ2) is 9.73. The molecule has 0 unspecified atom stereocenters. The van der Waals surface area contributed by atoms with Crippen LogP contribution in [0, 0.1) is 5.92 Å². The lowest BCUT2D eigenvalue weighted by atomic mass is 9.62. The zero-order valence-electron chi connectivity index (χ0n) is 23.1. The van der Waals surface area contributed by atoms with E-state index in [0.29, 0.717) is 33.9 Å². The van der Waals surface area contributed by atoms with Crippen molar-refractivity contribution in [2.24, 2.45) is 5.92 Å². The van der Waals surface area contributed by atoms with Crippen LogP contribution in [0.4, 0.5) is 5.69 Å². The Bertz CT molecular complexity index is 1800. The Labute approximate surface area is 243 Å². The number of nitrogens with zero attached hydrogens (tertiary/aromatic N) is 1. The van der Waals surface area contributed by atoms with Crippen LogP contribution in [0.5, 0.6) is 11.5 Å². The standard InChI is InChI=1S/C35H28N2O5/c1-41-23-12-9-11-22(20-23)31(38)30-29(32(39)25-14-5-8-17-28(25)42-2)35(26-15-6-7-16-27(26)36-34(35)40)33-24-13-4-3-10-21(24)18-19-37(30)33/h3-20,29-30,33H,1-2H3,(H,36,40)/t29-,30-,33+,35+/m0/s1. The molecule has 0 radical (unpaired) electrons. The summed E-state index contributed by atoms with van der Waals surface area (Å²) in [6.07, 6.45) is 3.81. The van der Waals surface area contributed by atoms with Crippen LogP contribution in [0.25, 0.3) is 6.08 Å². The number of Topliss-reactive ketones (excluding diaryl/α,β-unsaturated/α-hetero) is 2. The predicted octanol–water partition coefficient (Wildman–Crippen LogP) is 5.69. The molecule has 1 amide bonds. The number of fused-ring (bicyclic) bond motifs is 6. The zero-order chi connectivity index (χ0) is 29.0. The van der Waals surface area contributed by atoms with E-state index in [1.807, 2.05) is 65.7 Å². The van der Waals surface area contributed by atoms with Gasteiger partial charge < -0.3 is 19.7 Å². The van der Waals surface area contributed by atoms with Gasteiger partial charge in [-0.3, -0.25) is 14.4 Å². The van der Waals surface area contributed by atoms with E-state index in [0.717, 1.165) is 11.1 Å². The number of carbonyl (C=O) groups is 3. The number of carbonyl (C=O) groups excluding carboxylic acids is 3. The van der Waals surface area contributed by atoms with E-state index < -0.39 is 23.4 Å². The van der Waals surface area contributed by atoms with Crippen LogP contribution >= 0.6 is 0 Å². The second-order valence-corrected chi connectivity index (χ2v) is 10.7. The zero-order valence-corrected chi connectivity index (χ0v) is 23.1. The van der Waals surface area contributed by atoms with Gasteiger partial charge in [-0.05, 0) is 53.1 Å². The molecule has 208 valence electrons. The number of benzene rings is 4. The minimum atomic E-state index is -1.41. The van der Waals surface area contributed by atoms with Crippen molar-refractivity contribution in [2.45, 2.75) is 17.5 Å². The molecule has 4 atom stereocenters. The lowest BCUT2D eigenvalue weighted by molar-refractivity contribution is -0.122. The third kappa shape index (κ3) is 3.49. The van der Waals surface area contributed by atoms with Crippen molar-refractivity contribution in [3.05, 3.63) is 131 Å². The fourth-order valence-electron chi connectivity index (χ4n) is 7.13. The highest BCUT2D eigenvalue weighted by atomic mass is 16.5. The highest BCUT2D eigenvalue weighted by Gasteiger charge is 2.70. The van der Waals surface area contributed by atoms with E-state index in [1.165, 1.54) is 7.11 Å². The molecular formula is C35H28N2O5. The summed E-state index contributed by atoms with van der Waals surface area (Å²) in [4.78, 5) is 46.1. The van der Waals surface area contributed by atoms with Gasteiger partial charge in [-0.1, -0.05) is 66.7 Å². The van der Waals surface area contributed by atoms with Crippen molar-refractivity contribution < 1.29 is 23.9 Å². The average Bonchev–Trinajstić information content (AvgIpc) is 3.52. The van der Waals surface area contributed by atoms with E-state index in [2.05, 4.69) is 5.32 Å². The molecule has 0 aliphatic carbocycles. The first-order chi connectivity index (χ1) is 20.5. The molecule has 1 N–H and O–H groups in total. The van der Waals surface area contributed by atoms with Gasteiger partial charge in [0.2, 0.25) is 5.91 Å². The molecule has 0 aromatic heterocycles. The average molecular weight is 557 g/mol. The molecule has 7 heteroatoms. The first kappa shape index (κ1) is 25.8. The molecular weight excluding hydrogens is 528 g/mol. The topological polar surface area (TPSA) is 84.9 Å². The van der Waals surface area contributed by atoms with E-state index in [1.54, 1.807) is 55.6 Å². The van der Waals surface area contributed by atoms with Crippen molar-refractivity contribution >= 4 is 29.2 Å². The van der Waals surface area contributed by atoms with Crippen molar-refractivity contribution in [3.63, 3.8) is 0 Å². The Morgan fingerprint density at radius 2 is 1.60 bits per heavy atom. The summed E-state index contributed by atoms with van der Waals surface area (Å²) >= 11 is 0. The van der Waals surface area contributed by atoms with Gasteiger partial charge in [0.1, 0.15) is 23.0 Å². The van der Waals surface area contributed by atoms with Gasteiger partial charge in [-0.25, -0.2) is 0 Å². The summed E-state index contributed by atoms with van der Waals surface area (Å²) in [5.41, 5.74) is 2.47. The van der Waals surface area contributed by atoms with Crippen LogP contribution < -0.4 is 14.8 Å². The fraction of sp³-hybridized carbons (Fsp3) is 0.171. The monoisotopic (exact) mass is 556 g/mol. The summed E-state index contributed by atoms with van der Waals surface area (Å²) in [5, 5.41) is 3.07. The Balaban J connectivity index is 1.54. The van der Waals surface area contributed by atoms with Gasteiger partial charge >= 0.3 is 0 Å². The maximum Gasteiger partial charge on any atom is 0.238 e. The van der Waals surface area contributed by atoms with Crippen LogP contribution in [0.3, 0.4) is 0 Å². The maximum atomic E-state index is 15.0. The highest BCUT2D eigenvalue weighted by molar-refractivity contribution is 6.17. The Hall–Kier alpha value is -5.17. The third-order valence-electron chi connectivity index (χ3n) is 8.85. The van der Waals surface area contributed by atoms with Gasteiger partial charge in [-0.15, -0.1) is 0 Å². The lowest BCUT2D eigenvalue weighted by Gasteiger charge is -2.38. The number of ether oxygens (including phenoxy) is 2. The molecule has 3 aliphatic heterocycles. The Morgan fingerprint density at radius 3 is 2.43 bits per heavy atom. The van der Waals surface area contributed by atoms with Gasteiger partial charge in [0.15, 0.2) is 11.6 Å². The summed E-state index contributed by atoms with van der Waals surface area (Å²) in [6.45, 7) is 0. The first-order valence-corrected chi connectivity index (χ1v) is 13.8. The quantitative estimate of drug-likeness (QED) is 0.308. The SMILES string of the molecule is COc1cccc(C(=O)[C@@H]2[C@@H](C(=O)c3ccccc3OC)[C@@]3(C(=O)Nc4ccccc43)[C@H]3c4ccccc4C=CN23)c1. The molecule has 7 rings (SSSR count). The summed E-state index contributed by atoms with van der Waals surface area (Å²) < 4.78 is 11.0. The van der Waals surface area contributed by atoms with E-state index in [9.17, 15) is 14.4 Å². The first-order valence-electron chi connectivity index (χ1n) is 13.8. The smallest absolute Gasteiger partial charge is 0.238 e. The maximum absolute atomic E-state index is 15.0. The fourth-order valence-corrected chi connectivity index (χ4v) is 7.13. The second-order valence-electron chi connectivity index (χ2n) is 10.7. The minimum Gasteiger partial charge on any atom is -0.497 e. The largest absolute Gasteiger partial charge is 0.497 e. The number of amides is 1. The van der Waals surface area contributed by atoms with E-state index in [-0.39, 0.29) is 17.5 Å². The molecule has 0 bridgehead atoms. The molecule has 3 heterocycles. The third-order valence-corrected chi connectivity index (χ3v) is 8.85. The van der Waals surface area contributed by atoms with Gasteiger partial charge in [0, 0.05) is 17.5 Å². The number of hydrogen-bond acceptors (Lipinski definition) is 6. The number of nitrogens with one attached hydrogen (secondary N) is 1. The van der Waals surface area contributed by atoms with E-state index >= 15 is 0 Å². The molecule has 4 aromatic carbocycles. The number of rotatable bonds is 6. The van der Waals surface area contributed by atoms with Crippen LogP contribution in [-0.4, -0.2) is 42.6 Å². The van der Waals surface area contributed by atoms with Crippen molar-refractivity contribution in [3.8, 4) is 11.5 Å². The molecule has 1 saturated heterocycles. The lowest BCUT2D eigenvalue weighted by Crippen LogP contribution is -2.49. The molecule has 1 fully saturated rings. The molecule has 1 spiro atoms. The molecule has 42 heavy (non-hydrogen) atoms. The van der Waals surface area contributed by atoms with Crippen molar-refractivity contribution in [1.82, 2.24) is 4.90 Å². The summed E-state index contributed by atoms with van der Waals surface area (Å²) in [6, 6.07) is 27.6. The Morgan fingerprint density at radius 1 is 0.833 bits per heavy atom. The van der Waals surface area contributed by atoms with Gasteiger partial charge in [0.05, 0.1) is 31.7 Å². The number of hydrogen-bond donors (Lipinski definition) is 1. The molecule has 4 aromatic rings. The Kier molecular flexibility index (Phi) is 5.97. The van der Waals surface area contributed by atoms with Crippen LogP contribution in [0.15, 0.2) is 103 Å². The number of methoxy groups -OCH3 is 2. The minimum absolute atomic E-state index is 0.273. The van der Waals surface area contributed by atoms with Crippen LogP contribution in [0.1, 0.15) is 43.4 Å². The molecule has 0 saturated carbocycles. The molecule has 7 nitrogen and oxygen atoms in total. The highest BCUT2D eigenvalue weighted by Crippen LogP contribution is 2.62. The number of anilines is 1. The van der Waals surface area contributed by atoms with Crippen molar-refractivity contribution in [2.75, 3.05) is 19.5 Å². The van der Waals surface area contributed by atoms with Crippen molar-refractivity contribution in [1.29, 1.82) is 0 Å². The van der Waals surface area contributed by atoms with Gasteiger partial charge in [-0.2, -0.15) is 0 Å². The van der Waals surface area contributed by atoms with Gasteiger partial charge in [0.25, 0.3) is 0 Å². The number of ketones is 2. The normalized spacial score (nSPS) is 23.1. The summed E-state index contributed by atoms with van der Waals surface area (Å²) in [7, 11) is 3.05. The van der Waals surface area contributed by atoms with Crippen LogP contribution in [0.2, 0.25) is 0 Å².